The Hall–Kier alpha value is -2.81. The van der Waals surface area contributed by atoms with Gasteiger partial charge in [-0.2, -0.15) is 0 Å². The van der Waals surface area contributed by atoms with Gasteiger partial charge < -0.3 is 9.64 Å². The Morgan fingerprint density at radius 3 is 2.14 bits per heavy atom. The first-order chi connectivity index (χ1) is 13.1. The van der Waals surface area contributed by atoms with Crippen LogP contribution in [0.3, 0.4) is 0 Å². The zero-order chi connectivity index (χ0) is 20.2. The number of aromatic nitrogens is 1. The quantitative estimate of drug-likeness (QED) is 0.353. The van der Waals surface area contributed by atoms with Crippen LogP contribution >= 0.6 is 0 Å². The van der Waals surface area contributed by atoms with E-state index in [1.165, 1.54) is 27.9 Å². The fourth-order valence-corrected chi connectivity index (χ4v) is 3.90. The molecule has 0 unspecified atom stereocenters. The Bertz CT molecular complexity index is 1050. The van der Waals surface area contributed by atoms with Crippen LogP contribution in [0.2, 0.25) is 0 Å². The number of nitrogens with zero attached hydrogens (tertiary/aromatic N) is 2. The molecule has 0 spiro atoms. The van der Waals surface area contributed by atoms with E-state index >= 15 is 0 Å². The number of benzene rings is 2. The van der Waals surface area contributed by atoms with E-state index in [1.54, 1.807) is 0 Å². The highest BCUT2D eigenvalue weighted by Crippen LogP contribution is 2.52. The van der Waals surface area contributed by atoms with Crippen LogP contribution in [0.5, 0.6) is 11.5 Å². The SMILES string of the molecule is Cc1ccc2c(c1)Oc1cnc(C)cc1N2c1c(C)cc(C(C)(C)C)cc1C. The lowest BCUT2D eigenvalue weighted by molar-refractivity contribution is 0.473. The van der Waals surface area contributed by atoms with Crippen LogP contribution in [-0.2, 0) is 5.41 Å². The molecule has 1 aliphatic heterocycles. The van der Waals surface area contributed by atoms with E-state index in [9.17, 15) is 0 Å². The maximum absolute atomic E-state index is 6.22. The van der Waals surface area contributed by atoms with Crippen LogP contribution in [-0.4, -0.2) is 4.98 Å². The summed E-state index contributed by atoms with van der Waals surface area (Å²) in [6.07, 6.45) is 1.83. The molecule has 0 fully saturated rings. The summed E-state index contributed by atoms with van der Waals surface area (Å²) >= 11 is 0. The molecule has 144 valence electrons. The summed E-state index contributed by atoms with van der Waals surface area (Å²) in [5.41, 5.74) is 9.48. The normalized spacial score (nSPS) is 13.0. The second-order valence-electron chi connectivity index (χ2n) is 8.91. The van der Waals surface area contributed by atoms with Crippen molar-refractivity contribution in [3.63, 3.8) is 0 Å². The minimum atomic E-state index is 0.118. The summed E-state index contributed by atoms with van der Waals surface area (Å²) in [6.45, 7) is 15.3. The molecule has 4 rings (SSSR count). The van der Waals surface area contributed by atoms with Crippen molar-refractivity contribution in [1.29, 1.82) is 0 Å². The summed E-state index contributed by atoms with van der Waals surface area (Å²) < 4.78 is 6.22. The number of fused-ring (bicyclic) bond motifs is 2. The van der Waals surface area contributed by atoms with Gasteiger partial charge in [0.05, 0.1) is 23.3 Å². The number of anilines is 3. The summed E-state index contributed by atoms with van der Waals surface area (Å²) in [4.78, 5) is 6.79. The molecule has 0 amide bonds. The van der Waals surface area contributed by atoms with E-state index < -0.39 is 0 Å². The van der Waals surface area contributed by atoms with Crippen molar-refractivity contribution < 1.29 is 4.74 Å². The highest BCUT2D eigenvalue weighted by molar-refractivity contribution is 5.88. The summed E-state index contributed by atoms with van der Waals surface area (Å²) in [7, 11) is 0. The average Bonchev–Trinajstić information content (AvgIpc) is 2.60. The van der Waals surface area contributed by atoms with Crippen LogP contribution in [0, 0.1) is 27.7 Å². The third kappa shape index (κ3) is 3.05. The predicted octanol–water partition coefficient (Wildman–Crippen LogP) is 7.19. The molecule has 2 aromatic carbocycles. The van der Waals surface area contributed by atoms with Crippen molar-refractivity contribution in [2.24, 2.45) is 0 Å². The first-order valence-corrected chi connectivity index (χ1v) is 9.82. The van der Waals surface area contributed by atoms with Crippen LogP contribution in [0.15, 0.2) is 42.6 Å². The average molecular weight is 373 g/mol. The minimum Gasteiger partial charge on any atom is -0.451 e. The fraction of sp³-hybridized carbons (Fsp3) is 0.320. The van der Waals surface area contributed by atoms with Crippen LogP contribution in [0.1, 0.15) is 48.7 Å². The van der Waals surface area contributed by atoms with Gasteiger partial charge in [-0.1, -0.05) is 39.0 Å². The number of hydrogen-bond donors (Lipinski definition) is 0. The molecule has 0 bridgehead atoms. The number of hydrogen-bond acceptors (Lipinski definition) is 3. The molecule has 1 aromatic heterocycles. The van der Waals surface area contributed by atoms with E-state index in [1.807, 2.05) is 13.1 Å². The maximum Gasteiger partial charge on any atom is 0.169 e. The van der Waals surface area contributed by atoms with Gasteiger partial charge >= 0.3 is 0 Å². The van der Waals surface area contributed by atoms with Crippen LogP contribution < -0.4 is 9.64 Å². The van der Waals surface area contributed by atoms with Crippen molar-refractivity contribution in [1.82, 2.24) is 4.98 Å². The molecule has 1 aliphatic rings. The van der Waals surface area contributed by atoms with E-state index in [2.05, 4.69) is 87.8 Å². The lowest BCUT2D eigenvalue weighted by Gasteiger charge is -2.35. The van der Waals surface area contributed by atoms with Crippen LogP contribution in [0.4, 0.5) is 17.1 Å². The van der Waals surface area contributed by atoms with Crippen molar-refractivity contribution >= 4 is 17.1 Å². The largest absolute Gasteiger partial charge is 0.451 e. The third-order valence-electron chi connectivity index (χ3n) is 5.38. The topological polar surface area (TPSA) is 25.4 Å². The van der Waals surface area contributed by atoms with E-state index in [0.29, 0.717) is 0 Å². The molecule has 0 atom stereocenters. The van der Waals surface area contributed by atoms with Gasteiger partial charge in [0, 0.05) is 5.69 Å². The van der Waals surface area contributed by atoms with Gasteiger partial charge in [0.2, 0.25) is 0 Å². The first kappa shape index (κ1) is 18.5. The van der Waals surface area contributed by atoms with E-state index in [-0.39, 0.29) is 5.41 Å². The van der Waals surface area contributed by atoms with E-state index in [0.717, 1.165) is 28.6 Å². The van der Waals surface area contributed by atoms with E-state index in [4.69, 9.17) is 4.74 Å². The zero-order valence-electron chi connectivity index (χ0n) is 17.8. The van der Waals surface area contributed by atoms with Gasteiger partial charge in [0.1, 0.15) is 0 Å². The zero-order valence-corrected chi connectivity index (χ0v) is 17.8. The highest BCUT2D eigenvalue weighted by atomic mass is 16.5. The molecule has 0 radical (unpaired) electrons. The summed E-state index contributed by atoms with van der Waals surface area (Å²) in [5, 5.41) is 0. The van der Waals surface area contributed by atoms with Gasteiger partial charge in [-0.3, -0.25) is 4.98 Å². The van der Waals surface area contributed by atoms with Crippen molar-refractivity contribution in [2.75, 3.05) is 4.90 Å². The fourth-order valence-electron chi connectivity index (χ4n) is 3.90. The Labute approximate surface area is 168 Å². The molecule has 0 saturated heterocycles. The van der Waals surface area contributed by atoms with Gasteiger partial charge in [0.15, 0.2) is 11.5 Å². The number of pyridine rings is 1. The number of aryl methyl sites for hydroxylation is 4. The summed E-state index contributed by atoms with van der Waals surface area (Å²) in [6, 6.07) is 13.1. The molecule has 0 N–H and O–H groups in total. The Kier molecular flexibility index (Phi) is 4.22. The van der Waals surface area contributed by atoms with Crippen molar-refractivity contribution in [2.45, 2.75) is 53.9 Å². The highest BCUT2D eigenvalue weighted by Gasteiger charge is 2.29. The molecule has 2 heterocycles. The Morgan fingerprint density at radius 2 is 1.50 bits per heavy atom. The van der Waals surface area contributed by atoms with Crippen molar-refractivity contribution in [3.05, 3.63) is 70.5 Å². The second kappa shape index (κ2) is 6.37. The molecule has 3 aromatic rings. The maximum atomic E-state index is 6.22. The lowest BCUT2D eigenvalue weighted by Crippen LogP contribution is -2.19. The third-order valence-corrected chi connectivity index (χ3v) is 5.38. The molecule has 0 saturated carbocycles. The van der Waals surface area contributed by atoms with Gasteiger partial charge in [0.25, 0.3) is 0 Å². The first-order valence-electron chi connectivity index (χ1n) is 9.82. The number of rotatable bonds is 1. The van der Waals surface area contributed by atoms with Crippen LogP contribution in [0.25, 0.3) is 0 Å². The smallest absolute Gasteiger partial charge is 0.169 e. The van der Waals surface area contributed by atoms with Gasteiger partial charge in [-0.15, -0.1) is 0 Å². The Morgan fingerprint density at radius 1 is 0.821 bits per heavy atom. The monoisotopic (exact) mass is 372 g/mol. The second-order valence-corrected chi connectivity index (χ2v) is 8.91. The van der Waals surface area contributed by atoms with Gasteiger partial charge in [-0.25, -0.2) is 0 Å². The molecule has 3 nitrogen and oxygen atoms in total. The molecular weight excluding hydrogens is 344 g/mol. The lowest BCUT2D eigenvalue weighted by atomic mass is 9.84. The molecular formula is C25H28N2O. The molecule has 3 heteroatoms. The standard InChI is InChI=1S/C25H28N2O/c1-15-8-9-20-22(10-15)28-23-14-26-18(4)13-21(23)27(20)24-16(2)11-19(12-17(24)3)25(5,6)7/h8-14H,1-7H3. The summed E-state index contributed by atoms with van der Waals surface area (Å²) in [5.74, 6) is 1.67. The molecule has 28 heavy (non-hydrogen) atoms. The molecule has 0 aliphatic carbocycles. The van der Waals surface area contributed by atoms with Crippen molar-refractivity contribution in [3.8, 4) is 11.5 Å². The number of ether oxygens (including phenoxy) is 1. The van der Waals surface area contributed by atoms with Gasteiger partial charge in [-0.05, 0) is 73.6 Å². The predicted molar refractivity (Wildman–Crippen MR) is 117 cm³/mol. The Balaban J connectivity index is 1.99. The minimum absolute atomic E-state index is 0.118.